The Labute approximate surface area is 64.2 Å². The van der Waals surface area contributed by atoms with Gasteiger partial charge in [0.15, 0.2) is 0 Å². The number of rotatable bonds is 5. The maximum absolute atomic E-state index is 10.2. The molecule has 0 aromatic carbocycles. The zero-order chi connectivity index (χ0) is 8.85. The van der Waals surface area contributed by atoms with Crippen LogP contribution in [0.25, 0.3) is 0 Å². The van der Waals surface area contributed by atoms with E-state index >= 15 is 0 Å². The van der Waals surface area contributed by atoms with Crippen LogP contribution in [0.1, 0.15) is 6.42 Å². The van der Waals surface area contributed by atoms with Gasteiger partial charge in [0.05, 0.1) is 20.8 Å². The molecule has 0 saturated carbocycles. The predicted molar refractivity (Wildman–Crippen MR) is 38.6 cm³/mol. The van der Waals surface area contributed by atoms with Crippen molar-refractivity contribution in [2.75, 3.05) is 6.16 Å². The second-order valence-electron chi connectivity index (χ2n) is 2.04. The minimum absolute atomic E-state index is 0.0400. The SMILES string of the molecule is O=[PH2]CC(CC(=O)O)C(=O)O. The summed E-state index contributed by atoms with van der Waals surface area (Å²) in [6.45, 7) is 0. The molecule has 64 valence electrons. The van der Waals surface area contributed by atoms with Crippen LogP contribution >= 0.6 is 8.46 Å². The summed E-state index contributed by atoms with van der Waals surface area (Å²) in [5, 5.41) is 16.6. The number of carbonyl (C=O) groups is 2. The van der Waals surface area contributed by atoms with Crippen molar-refractivity contribution in [3.63, 3.8) is 0 Å². The Balaban J connectivity index is 3.99. The Hall–Kier alpha value is -0.830. The van der Waals surface area contributed by atoms with Crippen molar-refractivity contribution < 1.29 is 24.4 Å². The van der Waals surface area contributed by atoms with Crippen LogP contribution in [0.3, 0.4) is 0 Å². The van der Waals surface area contributed by atoms with Gasteiger partial charge in [-0.2, -0.15) is 0 Å². The molecule has 0 spiro atoms. The zero-order valence-electron chi connectivity index (χ0n) is 5.69. The van der Waals surface area contributed by atoms with Crippen molar-refractivity contribution in [1.82, 2.24) is 0 Å². The molecular weight excluding hydrogens is 171 g/mol. The molecule has 0 amide bonds. The summed E-state index contributed by atoms with van der Waals surface area (Å²) < 4.78 is 10.1. The van der Waals surface area contributed by atoms with Gasteiger partial charge in [-0.25, -0.2) is 0 Å². The van der Waals surface area contributed by atoms with Crippen molar-refractivity contribution in [1.29, 1.82) is 0 Å². The largest absolute Gasteiger partial charge is 0.481 e. The fraction of sp³-hybridized carbons (Fsp3) is 0.600. The second-order valence-corrected chi connectivity index (χ2v) is 2.84. The highest BCUT2D eigenvalue weighted by Gasteiger charge is 2.19. The molecular formula is C5H9O5P. The van der Waals surface area contributed by atoms with E-state index in [2.05, 4.69) is 0 Å². The van der Waals surface area contributed by atoms with E-state index in [9.17, 15) is 14.2 Å². The van der Waals surface area contributed by atoms with Crippen LogP contribution in [0.4, 0.5) is 0 Å². The highest BCUT2D eigenvalue weighted by Crippen LogP contribution is 2.09. The van der Waals surface area contributed by atoms with Crippen LogP contribution in [0.5, 0.6) is 0 Å². The smallest absolute Gasteiger partial charge is 0.307 e. The zero-order valence-corrected chi connectivity index (χ0v) is 6.84. The predicted octanol–water partition coefficient (Wildman–Crippen LogP) is -0.0818. The first kappa shape index (κ1) is 10.2. The Morgan fingerprint density at radius 2 is 1.91 bits per heavy atom. The third kappa shape index (κ3) is 4.56. The molecule has 2 unspecified atom stereocenters. The van der Waals surface area contributed by atoms with Gasteiger partial charge >= 0.3 is 11.9 Å². The molecule has 0 aromatic heterocycles. The van der Waals surface area contributed by atoms with Gasteiger partial charge in [-0.3, -0.25) is 9.59 Å². The van der Waals surface area contributed by atoms with Crippen molar-refractivity contribution in [2.24, 2.45) is 5.92 Å². The van der Waals surface area contributed by atoms with Crippen LogP contribution in [-0.2, 0) is 14.2 Å². The van der Waals surface area contributed by atoms with E-state index in [1.165, 1.54) is 0 Å². The molecule has 0 aromatic rings. The van der Waals surface area contributed by atoms with Gasteiger partial charge < -0.3 is 14.8 Å². The van der Waals surface area contributed by atoms with Gasteiger partial charge in [0.25, 0.3) is 0 Å². The monoisotopic (exact) mass is 180 g/mol. The summed E-state index contributed by atoms with van der Waals surface area (Å²) in [7, 11) is -1.19. The van der Waals surface area contributed by atoms with Gasteiger partial charge in [-0.15, -0.1) is 0 Å². The Kier molecular flexibility index (Phi) is 4.54. The number of carboxylic acids is 2. The molecule has 0 fully saturated rings. The Morgan fingerprint density at radius 1 is 1.36 bits per heavy atom. The van der Waals surface area contributed by atoms with E-state index in [4.69, 9.17) is 10.2 Å². The normalized spacial score (nSPS) is 13.5. The molecule has 11 heavy (non-hydrogen) atoms. The van der Waals surface area contributed by atoms with Crippen molar-refractivity contribution in [3.8, 4) is 0 Å². The standard InChI is InChI=1S/C5H9O5P/c6-4(7)1-3(2-11-10)5(8)9/h3H,1-2,11H2,(H,6,7)(H,8,9). The van der Waals surface area contributed by atoms with Crippen molar-refractivity contribution in [2.45, 2.75) is 6.42 Å². The molecule has 0 heterocycles. The fourth-order valence-electron chi connectivity index (χ4n) is 0.598. The third-order valence-corrected chi connectivity index (χ3v) is 1.91. The molecule has 5 nitrogen and oxygen atoms in total. The van der Waals surface area contributed by atoms with E-state index in [0.29, 0.717) is 0 Å². The number of hydrogen-bond donors (Lipinski definition) is 2. The first-order valence-electron chi connectivity index (χ1n) is 2.96. The highest BCUT2D eigenvalue weighted by atomic mass is 31.1. The van der Waals surface area contributed by atoms with E-state index in [-0.39, 0.29) is 6.16 Å². The molecule has 6 heteroatoms. The lowest BCUT2D eigenvalue weighted by Gasteiger charge is -2.03. The fourth-order valence-corrected chi connectivity index (χ4v) is 1.20. The van der Waals surface area contributed by atoms with E-state index in [1.807, 2.05) is 0 Å². The van der Waals surface area contributed by atoms with E-state index in [0.717, 1.165) is 0 Å². The van der Waals surface area contributed by atoms with Crippen LogP contribution in [-0.4, -0.2) is 28.3 Å². The number of carboxylic acid groups (broad SMARTS) is 2. The second kappa shape index (κ2) is 4.91. The Morgan fingerprint density at radius 3 is 2.18 bits per heavy atom. The van der Waals surface area contributed by atoms with Crippen LogP contribution in [0.15, 0.2) is 0 Å². The van der Waals surface area contributed by atoms with Gasteiger partial charge in [0.1, 0.15) is 0 Å². The number of hydrogen-bond acceptors (Lipinski definition) is 3. The van der Waals surface area contributed by atoms with Crippen LogP contribution < -0.4 is 0 Å². The molecule has 0 rings (SSSR count). The third-order valence-electron chi connectivity index (χ3n) is 1.15. The lowest BCUT2D eigenvalue weighted by atomic mass is 10.1. The van der Waals surface area contributed by atoms with E-state index in [1.54, 1.807) is 0 Å². The van der Waals surface area contributed by atoms with Crippen LogP contribution in [0, 0.1) is 5.92 Å². The van der Waals surface area contributed by atoms with Crippen molar-refractivity contribution >= 4 is 20.4 Å². The summed E-state index contributed by atoms with van der Waals surface area (Å²) in [5.74, 6) is -3.37. The molecule has 0 aliphatic carbocycles. The molecule has 0 saturated heterocycles. The maximum Gasteiger partial charge on any atom is 0.307 e. The quantitative estimate of drug-likeness (QED) is 0.577. The highest BCUT2D eigenvalue weighted by molar-refractivity contribution is 7.23. The van der Waals surface area contributed by atoms with Gasteiger partial charge in [-0.1, -0.05) is 0 Å². The van der Waals surface area contributed by atoms with Crippen molar-refractivity contribution in [3.05, 3.63) is 0 Å². The summed E-state index contributed by atoms with van der Waals surface area (Å²) >= 11 is 0. The minimum atomic E-state index is -1.20. The van der Waals surface area contributed by atoms with Gasteiger partial charge in [0, 0.05) is 6.16 Å². The molecule has 0 bridgehead atoms. The van der Waals surface area contributed by atoms with Gasteiger partial charge in [-0.05, 0) is 0 Å². The first-order valence-corrected chi connectivity index (χ1v) is 4.25. The minimum Gasteiger partial charge on any atom is -0.481 e. The average molecular weight is 180 g/mol. The molecule has 2 atom stereocenters. The number of aliphatic carboxylic acids is 2. The summed E-state index contributed by atoms with van der Waals surface area (Å²) in [4.78, 5) is 20.3. The van der Waals surface area contributed by atoms with Crippen LogP contribution in [0.2, 0.25) is 0 Å². The molecule has 2 N–H and O–H groups in total. The lowest BCUT2D eigenvalue weighted by Crippen LogP contribution is -2.19. The summed E-state index contributed by atoms with van der Waals surface area (Å²) in [6, 6.07) is 0. The maximum atomic E-state index is 10.2. The molecule has 0 radical (unpaired) electrons. The van der Waals surface area contributed by atoms with Gasteiger partial charge in [0.2, 0.25) is 0 Å². The lowest BCUT2D eigenvalue weighted by molar-refractivity contribution is -0.147. The topological polar surface area (TPSA) is 91.7 Å². The summed E-state index contributed by atoms with van der Waals surface area (Å²) in [6.07, 6.45) is -0.494. The Bertz CT molecular complexity index is 178. The molecule has 0 aliphatic heterocycles. The first-order chi connectivity index (χ1) is 5.07. The van der Waals surface area contributed by atoms with E-state index < -0.39 is 32.7 Å². The average Bonchev–Trinajstić information content (AvgIpc) is 1.86. The summed E-state index contributed by atoms with van der Waals surface area (Å²) in [5.41, 5.74) is 0. The molecule has 0 aliphatic rings.